The fraction of sp³-hybridized carbons (Fsp3) is 0.733. The first-order valence-corrected chi connectivity index (χ1v) is 6.68. The van der Waals surface area contributed by atoms with E-state index in [9.17, 15) is 9.59 Å². The molecule has 0 unspecified atom stereocenters. The van der Waals surface area contributed by atoms with E-state index in [1.165, 1.54) is 25.3 Å². The predicted molar refractivity (Wildman–Crippen MR) is 70.9 cm³/mol. The first kappa shape index (κ1) is 14.9. The summed E-state index contributed by atoms with van der Waals surface area (Å²) >= 11 is 0. The highest BCUT2D eigenvalue weighted by atomic mass is 16.6. The number of ether oxygens (including phenoxy) is 1. The van der Waals surface area contributed by atoms with Gasteiger partial charge < -0.3 is 4.74 Å². The van der Waals surface area contributed by atoms with Gasteiger partial charge in [0.1, 0.15) is 0 Å². The SMILES string of the molecule is CC1(/C=C/C(=O)OC(=O)C(C)(C)C)CCCCC1. The Kier molecular flexibility index (Phi) is 4.71. The molecule has 0 aromatic carbocycles. The van der Waals surface area contributed by atoms with Crippen LogP contribution < -0.4 is 0 Å². The number of allylic oxidation sites excluding steroid dienone is 1. The summed E-state index contributed by atoms with van der Waals surface area (Å²) in [5, 5.41) is 0. The molecule has 1 rings (SSSR count). The van der Waals surface area contributed by atoms with Crippen LogP contribution in [0.25, 0.3) is 0 Å². The van der Waals surface area contributed by atoms with Crippen LogP contribution >= 0.6 is 0 Å². The molecule has 0 aliphatic heterocycles. The second kappa shape index (κ2) is 5.68. The molecule has 18 heavy (non-hydrogen) atoms. The minimum Gasteiger partial charge on any atom is -0.389 e. The van der Waals surface area contributed by atoms with Crippen molar-refractivity contribution >= 4 is 11.9 Å². The molecule has 0 bridgehead atoms. The summed E-state index contributed by atoms with van der Waals surface area (Å²) in [4.78, 5) is 23.1. The van der Waals surface area contributed by atoms with Gasteiger partial charge in [0, 0.05) is 6.08 Å². The van der Waals surface area contributed by atoms with E-state index < -0.39 is 17.4 Å². The maximum Gasteiger partial charge on any atom is 0.338 e. The summed E-state index contributed by atoms with van der Waals surface area (Å²) in [6, 6.07) is 0. The molecule has 0 amide bonds. The topological polar surface area (TPSA) is 43.4 Å². The van der Waals surface area contributed by atoms with Gasteiger partial charge in [0.05, 0.1) is 5.41 Å². The van der Waals surface area contributed by atoms with Crippen molar-refractivity contribution in [2.24, 2.45) is 10.8 Å². The Balaban J connectivity index is 2.51. The van der Waals surface area contributed by atoms with Crippen molar-refractivity contribution in [2.45, 2.75) is 59.8 Å². The van der Waals surface area contributed by atoms with E-state index in [1.54, 1.807) is 20.8 Å². The van der Waals surface area contributed by atoms with Gasteiger partial charge >= 0.3 is 11.9 Å². The molecule has 102 valence electrons. The number of esters is 2. The average Bonchev–Trinajstić information content (AvgIpc) is 2.26. The van der Waals surface area contributed by atoms with Crippen molar-refractivity contribution in [1.82, 2.24) is 0 Å². The molecule has 1 saturated carbocycles. The minimum absolute atomic E-state index is 0.0854. The molecule has 0 heterocycles. The highest BCUT2D eigenvalue weighted by Crippen LogP contribution is 2.36. The Morgan fingerprint density at radius 2 is 1.67 bits per heavy atom. The molecule has 0 N–H and O–H groups in total. The van der Waals surface area contributed by atoms with Crippen LogP contribution in [0.2, 0.25) is 0 Å². The Morgan fingerprint density at radius 1 is 1.11 bits per heavy atom. The van der Waals surface area contributed by atoms with Crippen LogP contribution in [0, 0.1) is 10.8 Å². The summed E-state index contributed by atoms with van der Waals surface area (Å²) in [6.07, 6.45) is 9.21. The van der Waals surface area contributed by atoms with Crippen LogP contribution in [0.4, 0.5) is 0 Å². The Bertz CT molecular complexity index is 341. The molecule has 3 nitrogen and oxygen atoms in total. The second-order valence-corrected chi connectivity index (χ2v) is 6.51. The van der Waals surface area contributed by atoms with Gasteiger partial charge in [0.15, 0.2) is 0 Å². The average molecular weight is 252 g/mol. The smallest absolute Gasteiger partial charge is 0.338 e. The summed E-state index contributed by atoms with van der Waals surface area (Å²) < 4.78 is 4.79. The lowest BCUT2D eigenvalue weighted by Gasteiger charge is -2.30. The lowest BCUT2D eigenvalue weighted by Crippen LogP contribution is -2.25. The van der Waals surface area contributed by atoms with Crippen molar-refractivity contribution in [1.29, 1.82) is 0 Å². The summed E-state index contributed by atoms with van der Waals surface area (Å²) in [5.74, 6) is -1.03. The van der Waals surface area contributed by atoms with Crippen LogP contribution in [-0.2, 0) is 14.3 Å². The Labute approximate surface area is 110 Å². The van der Waals surface area contributed by atoms with Gasteiger partial charge in [-0.2, -0.15) is 0 Å². The lowest BCUT2D eigenvalue weighted by atomic mass is 9.75. The third-order valence-electron chi connectivity index (χ3n) is 3.42. The van der Waals surface area contributed by atoms with Crippen molar-refractivity contribution in [2.75, 3.05) is 0 Å². The van der Waals surface area contributed by atoms with E-state index in [0.29, 0.717) is 0 Å². The number of hydrogen-bond donors (Lipinski definition) is 0. The maximum absolute atomic E-state index is 11.6. The van der Waals surface area contributed by atoms with Crippen LogP contribution in [0.5, 0.6) is 0 Å². The first-order chi connectivity index (χ1) is 8.23. The molecule has 0 spiro atoms. The van der Waals surface area contributed by atoms with E-state index in [2.05, 4.69) is 6.92 Å². The predicted octanol–water partition coefficient (Wildman–Crippen LogP) is 3.63. The number of rotatable bonds is 2. The van der Waals surface area contributed by atoms with Gasteiger partial charge in [0.25, 0.3) is 0 Å². The van der Waals surface area contributed by atoms with Crippen molar-refractivity contribution in [3.05, 3.63) is 12.2 Å². The van der Waals surface area contributed by atoms with Crippen LogP contribution in [0.3, 0.4) is 0 Å². The molecule has 1 fully saturated rings. The Hall–Kier alpha value is -1.12. The molecular formula is C15H24O3. The largest absolute Gasteiger partial charge is 0.389 e. The van der Waals surface area contributed by atoms with Gasteiger partial charge in [-0.05, 0) is 39.0 Å². The zero-order valence-corrected chi connectivity index (χ0v) is 11.9. The standard InChI is InChI=1S/C15H24O3/c1-14(2,3)13(17)18-12(16)8-11-15(4)9-6-5-7-10-15/h8,11H,5-7,9-10H2,1-4H3/b11-8+. The third kappa shape index (κ3) is 4.63. The number of hydrogen-bond acceptors (Lipinski definition) is 3. The molecular weight excluding hydrogens is 228 g/mol. The summed E-state index contributed by atoms with van der Waals surface area (Å²) in [5.41, 5.74) is -0.555. The van der Waals surface area contributed by atoms with E-state index in [4.69, 9.17) is 4.74 Å². The van der Waals surface area contributed by atoms with E-state index in [1.807, 2.05) is 6.08 Å². The zero-order chi connectivity index (χ0) is 13.8. The normalized spacial score (nSPS) is 19.8. The highest BCUT2D eigenvalue weighted by molar-refractivity contribution is 5.93. The summed E-state index contributed by atoms with van der Waals surface area (Å²) in [7, 11) is 0. The van der Waals surface area contributed by atoms with E-state index in [0.717, 1.165) is 12.8 Å². The molecule has 0 radical (unpaired) electrons. The maximum atomic E-state index is 11.6. The van der Waals surface area contributed by atoms with Crippen molar-refractivity contribution in [3.63, 3.8) is 0 Å². The molecule has 3 heteroatoms. The molecule has 0 aromatic rings. The number of carbonyl (C=O) groups is 2. The van der Waals surface area contributed by atoms with Crippen LogP contribution in [-0.4, -0.2) is 11.9 Å². The Morgan fingerprint density at radius 3 is 2.17 bits per heavy atom. The van der Waals surface area contributed by atoms with Crippen LogP contribution in [0.15, 0.2) is 12.2 Å². The summed E-state index contributed by atoms with van der Waals surface area (Å²) in [6.45, 7) is 7.35. The van der Waals surface area contributed by atoms with Gasteiger partial charge in [-0.25, -0.2) is 4.79 Å². The van der Waals surface area contributed by atoms with Gasteiger partial charge in [-0.3, -0.25) is 4.79 Å². The zero-order valence-electron chi connectivity index (χ0n) is 11.9. The monoisotopic (exact) mass is 252 g/mol. The van der Waals surface area contributed by atoms with Gasteiger partial charge in [-0.1, -0.05) is 32.3 Å². The molecule has 0 atom stereocenters. The third-order valence-corrected chi connectivity index (χ3v) is 3.42. The highest BCUT2D eigenvalue weighted by Gasteiger charge is 2.26. The molecule has 1 aliphatic rings. The molecule has 0 aromatic heterocycles. The van der Waals surface area contributed by atoms with E-state index >= 15 is 0 Å². The fourth-order valence-electron chi connectivity index (χ4n) is 2.07. The molecule has 1 aliphatic carbocycles. The second-order valence-electron chi connectivity index (χ2n) is 6.51. The van der Waals surface area contributed by atoms with Crippen molar-refractivity contribution in [3.8, 4) is 0 Å². The van der Waals surface area contributed by atoms with Crippen LogP contribution in [0.1, 0.15) is 59.8 Å². The first-order valence-electron chi connectivity index (χ1n) is 6.68. The number of carbonyl (C=O) groups excluding carboxylic acids is 2. The van der Waals surface area contributed by atoms with Gasteiger partial charge in [-0.15, -0.1) is 0 Å². The van der Waals surface area contributed by atoms with Crippen molar-refractivity contribution < 1.29 is 14.3 Å². The molecule has 0 saturated heterocycles. The minimum atomic E-state index is -0.641. The quantitative estimate of drug-likeness (QED) is 0.428. The fourth-order valence-corrected chi connectivity index (χ4v) is 2.07. The van der Waals surface area contributed by atoms with Gasteiger partial charge in [0.2, 0.25) is 0 Å². The van der Waals surface area contributed by atoms with E-state index in [-0.39, 0.29) is 5.41 Å². The lowest BCUT2D eigenvalue weighted by molar-refractivity contribution is -0.162.